The molecular formula is C38H74O4Si. The molecule has 0 aliphatic carbocycles. The van der Waals surface area contributed by atoms with Crippen LogP contribution in [-0.4, -0.2) is 50.0 Å². The molecule has 0 amide bonds. The van der Waals surface area contributed by atoms with Gasteiger partial charge in [-0.15, -0.1) is 6.58 Å². The maximum absolute atomic E-state index is 10.9. The van der Waals surface area contributed by atoms with Gasteiger partial charge in [-0.05, 0) is 69.5 Å². The van der Waals surface area contributed by atoms with E-state index in [1.54, 1.807) is 0 Å². The Balaban J connectivity index is 1.75. The zero-order valence-corrected chi connectivity index (χ0v) is 30.7. The monoisotopic (exact) mass is 623 g/mol. The van der Waals surface area contributed by atoms with E-state index in [0.29, 0.717) is 0 Å². The van der Waals surface area contributed by atoms with Gasteiger partial charge in [0.2, 0.25) is 0 Å². The van der Waals surface area contributed by atoms with E-state index in [9.17, 15) is 5.11 Å². The van der Waals surface area contributed by atoms with Crippen LogP contribution in [0.15, 0.2) is 12.7 Å². The summed E-state index contributed by atoms with van der Waals surface area (Å²) in [4.78, 5) is 0. The zero-order valence-electron chi connectivity index (χ0n) is 29.7. The summed E-state index contributed by atoms with van der Waals surface area (Å²) in [6.45, 7) is 17.9. The molecule has 43 heavy (non-hydrogen) atoms. The zero-order chi connectivity index (χ0) is 31.6. The van der Waals surface area contributed by atoms with Crippen LogP contribution in [0.5, 0.6) is 0 Å². The molecule has 6 atom stereocenters. The van der Waals surface area contributed by atoms with Crippen LogP contribution in [-0.2, 0) is 13.9 Å². The summed E-state index contributed by atoms with van der Waals surface area (Å²) in [7, 11) is -1.89. The highest BCUT2D eigenvalue weighted by molar-refractivity contribution is 6.74. The maximum atomic E-state index is 10.9. The van der Waals surface area contributed by atoms with E-state index in [-0.39, 0.29) is 41.7 Å². The van der Waals surface area contributed by atoms with Gasteiger partial charge >= 0.3 is 0 Å². The van der Waals surface area contributed by atoms with Crippen molar-refractivity contribution in [3.05, 3.63) is 12.7 Å². The van der Waals surface area contributed by atoms with Crippen LogP contribution in [0.25, 0.3) is 0 Å². The first-order chi connectivity index (χ1) is 20.6. The van der Waals surface area contributed by atoms with Gasteiger partial charge in [0, 0.05) is 0 Å². The Labute approximate surface area is 269 Å². The molecule has 2 saturated heterocycles. The second kappa shape index (κ2) is 21.6. The molecule has 2 aliphatic heterocycles. The van der Waals surface area contributed by atoms with Crippen molar-refractivity contribution in [1.82, 2.24) is 0 Å². The lowest BCUT2D eigenvalue weighted by Crippen LogP contribution is -2.47. The summed E-state index contributed by atoms with van der Waals surface area (Å²) in [5, 5.41) is 11.1. The Morgan fingerprint density at radius 2 is 1.19 bits per heavy atom. The molecule has 0 saturated carbocycles. The third-order valence-corrected chi connectivity index (χ3v) is 15.2. The minimum atomic E-state index is -1.89. The van der Waals surface area contributed by atoms with Crippen molar-refractivity contribution in [2.75, 3.05) is 0 Å². The van der Waals surface area contributed by atoms with E-state index in [1.165, 1.54) is 96.3 Å². The molecule has 0 radical (unpaired) electrons. The van der Waals surface area contributed by atoms with Gasteiger partial charge in [0.1, 0.15) is 0 Å². The second-order valence-corrected chi connectivity index (χ2v) is 20.3. The molecule has 2 fully saturated rings. The fourth-order valence-electron chi connectivity index (χ4n) is 6.73. The van der Waals surface area contributed by atoms with Gasteiger partial charge in [-0.25, -0.2) is 0 Å². The average molecular weight is 623 g/mol. The molecule has 2 aliphatic rings. The van der Waals surface area contributed by atoms with Crippen molar-refractivity contribution < 1.29 is 19.0 Å². The first-order valence-electron chi connectivity index (χ1n) is 18.9. The Kier molecular flexibility index (Phi) is 19.5. The van der Waals surface area contributed by atoms with Gasteiger partial charge in [-0.2, -0.15) is 0 Å². The van der Waals surface area contributed by atoms with Gasteiger partial charge in [0.05, 0.1) is 36.6 Å². The Morgan fingerprint density at radius 3 is 1.72 bits per heavy atom. The Morgan fingerprint density at radius 1 is 0.721 bits per heavy atom. The first kappa shape index (κ1) is 39.0. The van der Waals surface area contributed by atoms with Crippen molar-refractivity contribution in [3.63, 3.8) is 0 Å². The number of aliphatic hydroxyl groups excluding tert-OH is 1. The van der Waals surface area contributed by atoms with E-state index in [1.807, 2.05) is 6.08 Å². The summed E-state index contributed by atoms with van der Waals surface area (Å²) in [6.07, 6.45) is 30.6. The van der Waals surface area contributed by atoms with Gasteiger partial charge < -0.3 is 19.0 Å². The number of hydrogen-bond donors (Lipinski definition) is 1. The average Bonchev–Trinajstić information content (AvgIpc) is 3.65. The molecule has 4 nitrogen and oxygen atoms in total. The number of rotatable bonds is 25. The molecule has 0 spiro atoms. The van der Waals surface area contributed by atoms with Crippen LogP contribution < -0.4 is 0 Å². The second-order valence-electron chi connectivity index (χ2n) is 15.5. The topological polar surface area (TPSA) is 47.9 Å². The highest BCUT2D eigenvalue weighted by atomic mass is 28.4. The largest absolute Gasteiger partial charge is 0.411 e. The summed E-state index contributed by atoms with van der Waals surface area (Å²) >= 11 is 0. The van der Waals surface area contributed by atoms with E-state index >= 15 is 0 Å². The summed E-state index contributed by atoms with van der Waals surface area (Å²) < 4.78 is 20.3. The number of unbranched alkanes of at least 4 members (excludes halogenated alkanes) is 15. The molecule has 0 aromatic carbocycles. The Bertz CT molecular complexity index is 705. The maximum Gasteiger partial charge on any atom is 0.192 e. The molecule has 254 valence electrons. The Hall–Kier alpha value is -0.203. The van der Waals surface area contributed by atoms with Gasteiger partial charge in [-0.1, -0.05) is 130 Å². The van der Waals surface area contributed by atoms with Crippen molar-refractivity contribution >= 4 is 8.32 Å². The molecule has 2 rings (SSSR count). The minimum absolute atomic E-state index is 0.0153. The molecule has 0 unspecified atom stereocenters. The minimum Gasteiger partial charge on any atom is -0.411 e. The lowest BCUT2D eigenvalue weighted by molar-refractivity contribution is -0.108. The predicted molar refractivity (Wildman–Crippen MR) is 187 cm³/mol. The fourth-order valence-corrected chi connectivity index (χ4v) is 8.11. The molecule has 0 bridgehead atoms. The van der Waals surface area contributed by atoms with Crippen LogP contribution in [0.2, 0.25) is 18.1 Å². The van der Waals surface area contributed by atoms with Crippen molar-refractivity contribution in [3.8, 4) is 0 Å². The van der Waals surface area contributed by atoms with Crippen molar-refractivity contribution in [2.45, 2.75) is 230 Å². The highest BCUT2D eigenvalue weighted by Crippen LogP contribution is 2.41. The van der Waals surface area contributed by atoms with Gasteiger partial charge in [-0.3, -0.25) is 0 Å². The summed E-state index contributed by atoms with van der Waals surface area (Å²) in [5.41, 5.74) is 0. The van der Waals surface area contributed by atoms with Crippen LogP contribution >= 0.6 is 0 Å². The van der Waals surface area contributed by atoms with E-state index < -0.39 is 8.32 Å². The normalized spacial score (nSPS) is 24.4. The fraction of sp³-hybridized carbons (Fsp3) is 0.947. The standard InChI is InChI=1S/C38H74O4Si/c1-8-10-12-14-16-18-19-21-23-25-27-37(42-43(6,7)38(3,4)5)36-31-30-35(41-36)34-29-28-33(40-34)32(39)26-24-22-20-17-15-13-11-9-2/h8,32-37,39H,1,9-31H2,2-7H3/t32-,33+,34-,35-,36+,37+/m0/s1. The lowest BCUT2D eigenvalue weighted by Gasteiger charge is -2.41. The third kappa shape index (κ3) is 15.3. The van der Waals surface area contributed by atoms with Crippen LogP contribution in [0, 0.1) is 0 Å². The van der Waals surface area contributed by atoms with E-state index in [4.69, 9.17) is 13.9 Å². The van der Waals surface area contributed by atoms with Crippen LogP contribution in [0.4, 0.5) is 0 Å². The van der Waals surface area contributed by atoms with Crippen LogP contribution in [0.3, 0.4) is 0 Å². The van der Waals surface area contributed by atoms with Gasteiger partial charge in [0.25, 0.3) is 0 Å². The van der Waals surface area contributed by atoms with E-state index in [2.05, 4.69) is 47.4 Å². The highest BCUT2D eigenvalue weighted by Gasteiger charge is 2.45. The first-order valence-corrected chi connectivity index (χ1v) is 21.8. The van der Waals surface area contributed by atoms with Crippen molar-refractivity contribution in [2.24, 2.45) is 0 Å². The lowest BCUT2D eigenvalue weighted by atomic mass is 10.0. The molecule has 5 heteroatoms. The summed E-state index contributed by atoms with van der Waals surface area (Å²) in [6, 6.07) is 0. The van der Waals surface area contributed by atoms with Crippen LogP contribution in [0.1, 0.15) is 175 Å². The molecule has 0 aromatic heterocycles. The quantitative estimate of drug-likeness (QED) is 0.0625. The van der Waals surface area contributed by atoms with E-state index in [0.717, 1.165) is 51.4 Å². The smallest absolute Gasteiger partial charge is 0.192 e. The number of ether oxygens (including phenoxy) is 2. The number of allylic oxidation sites excluding steroid dienone is 1. The van der Waals surface area contributed by atoms with Crippen molar-refractivity contribution in [1.29, 1.82) is 0 Å². The predicted octanol–water partition coefficient (Wildman–Crippen LogP) is 11.5. The molecule has 0 aromatic rings. The molecule has 1 N–H and O–H groups in total. The number of aliphatic hydroxyl groups is 1. The SMILES string of the molecule is C=CCCCCCCCCCC[C@@H](O[Si](C)(C)C(C)(C)C)[C@H]1CC[C@@H]([C@@H]2CC[C@H]([C@@H](O)CCCCCCCCCC)O2)O1. The molecular weight excluding hydrogens is 549 g/mol. The summed E-state index contributed by atoms with van der Waals surface area (Å²) in [5.74, 6) is 0. The third-order valence-electron chi connectivity index (χ3n) is 10.7. The molecule has 2 heterocycles. The number of hydrogen-bond acceptors (Lipinski definition) is 4. The van der Waals surface area contributed by atoms with Gasteiger partial charge in [0.15, 0.2) is 8.32 Å².